The Labute approximate surface area is 123 Å². The van der Waals surface area contributed by atoms with Crippen molar-refractivity contribution in [2.24, 2.45) is 4.99 Å². The van der Waals surface area contributed by atoms with E-state index in [0.29, 0.717) is 5.96 Å². The predicted octanol–water partition coefficient (Wildman–Crippen LogP) is 2.35. The fourth-order valence-corrected chi connectivity index (χ4v) is 2.06. The highest BCUT2D eigenvalue weighted by molar-refractivity contribution is 5.97. The Balaban J connectivity index is 2.30. The van der Waals surface area contributed by atoms with Gasteiger partial charge in [-0.15, -0.1) is 0 Å². The van der Waals surface area contributed by atoms with E-state index < -0.39 is 5.97 Å². The monoisotopic (exact) mass is 286 g/mol. The van der Waals surface area contributed by atoms with Crippen LogP contribution in [0.4, 0.5) is 5.69 Å². The van der Waals surface area contributed by atoms with Crippen LogP contribution in [0.15, 0.2) is 35.5 Å². The zero-order valence-corrected chi connectivity index (χ0v) is 12.5. The second-order valence-corrected chi connectivity index (χ2v) is 4.57. The first-order valence-electron chi connectivity index (χ1n) is 6.53. The lowest BCUT2D eigenvalue weighted by atomic mass is 10.1. The van der Waals surface area contributed by atoms with E-state index in [1.165, 1.54) is 12.0 Å². The number of hydrogen-bond acceptors (Lipinski definition) is 4. The zero-order valence-electron chi connectivity index (χ0n) is 12.5. The maximum absolute atomic E-state index is 11.0. The molecule has 21 heavy (non-hydrogen) atoms. The molecule has 1 N–H and O–H groups in total. The summed E-state index contributed by atoms with van der Waals surface area (Å²) < 4.78 is 0. The van der Waals surface area contributed by atoms with E-state index in [1.54, 1.807) is 20.3 Å². The van der Waals surface area contributed by atoms with E-state index in [4.69, 9.17) is 4.84 Å². The van der Waals surface area contributed by atoms with Gasteiger partial charge in [0.15, 0.2) is 0 Å². The number of carbonyl (C=O) groups is 1. The van der Waals surface area contributed by atoms with Gasteiger partial charge in [0.2, 0.25) is 5.96 Å². The molecular weight excluding hydrogens is 268 g/mol. The van der Waals surface area contributed by atoms with E-state index in [0.717, 1.165) is 22.2 Å². The molecule has 1 aromatic carbocycles. The number of guanidine groups is 1. The number of nitrogens with one attached hydrogen (secondary N) is 1. The second kappa shape index (κ2) is 6.21. The summed E-state index contributed by atoms with van der Waals surface area (Å²) >= 11 is 0. The highest BCUT2D eigenvalue weighted by Gasteiger charge is 2.12. The maximum Gasteiger partial charge on any atom is 0.329 e. The molecule has 0 aliphatic heterocycles. The number of benzene rings is 1. The van der Waals surface area contributed by atoms with Crippen LogP contribution in [0, 0.1) is 6.92 Å². The molecule has 0 aliphatic rings. The Hall–Kier alpha value is -2.63. The summed E-state index contributed by atoms with van der Waals surface area (Å²) in [4.78, 5) is 24.5. The lowest BCUT2D eigenvalue weighted by Gasteiger charge is -2.21. The fraction of sp³-hybridized carbons (Fsp3) is 0.267. The van der Waals surface area contributed by atoms with Crippen molar-refractivity contribution in [2.45, 2.75) is 13.8 Å². The van der Waals surface area contributed by atoms with Crippen molar-refractivity contribution >= 4 is 28.5 Å². The summed E-state index contributed by atoms with van der Waals surface area (Å²) in [5.41, 5.74) is 2.79. The summed E-state index contributed by atoms with van der Waals surface area (Å²) in [7, 11) is 3.24. The smallest absolute Gasteiger partial charge is 0.329 e. The number of hydrogen-bond donors (Lipinski definition) is 1. The molecule has 0 radical (unpaired) electrons. The molecule has 110 valence electrons. The Morgan fingerprint density at radius 3 is 2.81 bits per heavy atom. The number of nitrogens with zero attached hydrogens (tertiary/aromatic N) is 3. The number of hydroxylamine groups is 2. The molecule has 0 aliphatic carbocycles. The quantitative estimate of drug-likeness (QED) is 0.495. The summed E-state index contributed by atoms with van der Waals surface area (Å²) in [6, 6.07) is 7.85. The number of fused-ring (bicyclic) bond motifs is 1. The van der Waals surface area contributed by atoms with Gasteiger partial charge in [0.05, 0.1) is 5.52 Å². The number of aromatic nitrogens is 1. The van der Waals surface area contributed by atoms with E-state index in [-0.39, 0.29) is 0 Å². The predicted molar refractivity (Wildman–Crippen MR) is 83.0 cm³/mol. The van der Waals surface area contributed by atoms with Gasteiger partial charge in [-0.05, 0) is 24.6 Å². The molecule has 6 heteroatoms. The van der Waals surface area contributed by atoms with Crippen LogP contribution < -0.4 is 5.32 Å². The summed E-state index contributed by atoms with van der Waals surface area (Å²) in [6.45, 7) is 3.33. The van der Waals surface area contributed by atoms with E-state index >= 15 is 0 Å². The maximum atomic E-state index is 11.0. The molecule has 0 fully saturated rings. The Kier molecular flexibility index (Phi) is 4.37. The first kappa shape index (κ1) is 14.8. The van der Waals surface area contributed by atoms with Gasteiger partial charge < -0.3 is 10.2 Å². The van der Waals surface area contributed by atoms with Crippen molar-refractivity contribution in [3.63, 3.8) is 0 Å². The summed E-state index contributed by atoms with van der Waals surface area (Å²) in [5, 5.41) is 5.52. The normalized spacial score (nSPS) is 11.3. The number of anilines is 1. The zero-order chi connectivity index (χ0) is 15.4. The van der Waals surface area contributed by atoms with Gasteiger partial charge >= 0.3 is 5.97 Å². The topological polar surface area (TPSA) is 66.8 Å². The van der Waals surface area contributed by atoms with E-state index in [1.807, 2.05) is 31.2 Å². The van der Waals surface area contributed by atoms with Crippen LogP contribution in [0.2, 0.25) is 0 Å². The van der Waals surface area contributed by atoms with Gasteiger partial charge in [0.25, 0.3) is 0 Å². The van der Waals surface area contributed by atoms with Gasteiger partial charge in [-0.1, -0.05) is 12.1 Å². The van der Waals surface area contributed by atoms with Crippen LogP contribution in [-0.4, -0.2) is 36.1 Å². The number of aryl methyl sites for hydroxylation is 1. The fourth-order valence-electron chi connectivity index (χ4n) is 2.06. The lowest BCUT2D eigenvalue weighted by molar-refractivity contribution is -0.165. The molecule has 0 saturated carbocycles. The van der Waals surface area contributed by atoms with Crippen molar-refractivity contribution in [1.82, 2.24) is 10.0 Å². The number of carbonyl (C=O) groups excluding carboxylic acids is 1. The highest BCUT2D eigenvalue weighted by Crippen LogP contribution is 2.23. The van der Waals surface area contributed by atoms with Crippen molar-refractivity contribution in [3.8, 4) is 0 Å². The molecule has 6 nitrogen and oxygen atoms in total. The molecule has 1 aromatic heterocycles. The summed E-state index contributed by atoms with van der Waals surface area (Å²) in [6.07, 6.45) is 1.76. The molecule has 1 heterocycles. The average Bonchev–Trinajstić information content (AvgIpc) is 2.46. The SMILES string of the molecule is CN=C(Nc1ccc2cccnc2c1C)N(C)OC(C)=O. The largest absolute Gasteiger partial charge is 0.339 e. The van der Waals surface area contributed by atoms with Crippen LogP contribution in [0.25, 0.3) is 10.9 Å². The van der Waals surface area contributed by atoms with Crippen LogP contribution in [-0.2, 0) is 9.63 Å². The van der Waals surface area contributed by atoms with Gasteiger partial charge in [-0.3, -0.25) is 14.8 Å². The van der Waals surface area contributed by atoms with Crippen molar-refractivity contribution < 1.29 is 9.63 Å². The standard InChI is InChI=1S/C15H18N4O2/c1-10-13(8-7-12-6-5-9-17-14(10)12)18-15(16-3)19(4)21-11(2)20/h5-9H,1-4H3,(H,16,18). The highest BCUT2D eigenvalue weighted by atomic mass is 16.7. The molecular formula is C15H18N4O2. The van der Waals surface area contributed by atoms with Crippen LogP contribution in [0.5, 0.6) is 0 Å². The molecule has 0 atom stereocenters. The summed E-state index contributed by atoms with van der Waals surface area (Å²) in [5.74, 6) is 0.0286. The molecule has 0 spiro atoms. The Bertz CT molecular complexity index is 697. The minimum Gasteiger partial charge on any atom is -0.339 e. The molecule has 0 bridgehead atoms. The number of pyridine rings is 1. The molecule has 0 amide bonds. The van der Waals surface area contributed by atoms with Crippen molar-refractivity contribution in [2.75, 3.05) is 19.4 Å². The minimum atomic E-state index is -0.405. The van der Waals surface area contributed by atoms with Crippen molar-refractivity contribution in [3.05, 3.63) is 36.0 Å². The number of aliphatic imine (C=N–C) groups is 1. The average molecular weight is 286 g/mol. The van der Waals surface area contributed by atoms with Gasteiger partial charge in [0, 0.05) is 38.3 Å². The van der Waals surface area contributed by atoms with E-state index in [9.17, 15) is 4.79 Å². The molecule has 2 aromatic rings. The van der Waals surface area contributed by atoms with Crippen LogP contribution in [0.1, 0.15) is 12.5 Å². The molecule has 0 unspecified atom stereocenters. The van der Waals surface area contributed by atoms with Crippen molar-refractivity contribution in [1.29, 1.82) is 0 Å². The second-order valence-electron chi connectivity index (χ2n) is 4.57. The molecule has 2 rings (SSSR count). The first-order valence-corrected chi connectivity index (χ1v) is 6.53. The number of rotatable bonds is 1. The Morgan fingerprint density at radius 1 is 1.38 bits per heavy atom. The third-order valence-corrected chi connectivity index (χ3v) is 3.05. The van der Waals surface area contributed by atoms with Gasteiger partial charge in [-0.2, -0.15) is 5.06 Å². The first-order chi connectivity index (χ1) is 10.0. The minimum absolute atomic E-state index is 0.405. The third-order valence-electron chi connectivity index (χ3n) is 3.05. The van der Waals surface area contributed by atoms with Gasteiger partial charge in [-0.25, -0.2) is 0 Å². The lowest BCUT2D eigenvalue weighted by Crippen LogP contribution is -2.34. The molecule has 0 saturated heterocycles. The van der Waals surface area contributed by atoms with Crippen LogP contribution >= 0.6 is 0 Å². The Morgan fingerprint density at radius 2 is 2.14 bits per heavy atom. The van der Waals surface area contributed by atoms with E-state index in [2.05, 4.69) is 15.3 Å². The van der Waals surface area contributed by atoms with Gasteiger partial charge in [0.1, 0.15) is 0 Å². The van der Waals surface area contributed by atoms with Crippen LogP contribution in [0.3, 0.4) is 0 Å². The third kappa shape index (κ3) is 3.28.